The van der Waals surface area contributed by atoms with Gasteiger partial charge in [-0.1, -0.05) is 26.1 Å². The molecule has 10 nitrogen and oxygen atoms in total. The molecular weight excluding hydrogens is 542 g/mol. The number of nitrogens with two attached hydrogens (primary N) is 2. The third-order valence-corrected chi connectivity index (χ3v) is 5.51. The summed E-state index contributed by atoms with van der Waals surface area (Å²) in [6, 6.07) is 5.68. The summed E-state index contributed by atoms with van der Waals surface area (Å²) < 4.78 is 38.0. The van der Waals surface area contributed by atoms with Gasteiger partial charge in [0.25, 0.3) is 17.9 Å². The number of hydrazine groups is 1. The Labute approximate surface area is 239 Å². The van der Waals surface area contributed by atoms with Gasteiger partial charge in [0, 0.05) is 44.5 Å². The molecule has 0 aliphatic heterocycles. The number of nitrogens with one attached hydrogen (secondary N) is 1. The Balaban J connectivity index is 0.00000114. The van der Waals surface area contributed by atoms with Crippen molar-refractivity contribution in [3.8, 4) is 22.7 Å². The Kier molecular flexibility index (Phi) is 13.4. The number of carbonyl (C=O) groups is 1. The van der Waals surface area contributed by atoms with Crippen molar-refractivity contribution in [1.82, 2.24) is 20.0 Å². The molecule has 3 rings (SSSR count). The Morgan fingerprint density at radius 2 is 1.82 bits per heavy atom. The zero-order valence-corrected chi connectivity index (χ0v) is 24.4. The molecule has 3 heterocycles. The quantitative estimate of drug-likeness (QED) is 0.151. The van der Waals surface area contributed by atoms with Crippen molar-refractivity contribution in [1.29, 1.82) is 0 Å². The maximum absolute atomic E-state index is 13.2. The van der Waals surface area contributed by atoms with Gasteiger partial charge in [-0.15, -0.1) is 0 Å². The van der Waals surface area contributed by atoms with Crippen LogP contribution in [0.3, 0.4) is 0 Å². The van der Waals surface area contributed by atoms with Gasteiger partial charge in [0.15, 0.2) is 0 Å². The van der Waals surface area contributed by atoms with Gasteiger partial charge < -0.3 is 15.2 Å². The number of nitrogen functional groups attached to an aromatic ring is 1. The fraction of sp³-hybridized carbons (Fsp3) is 0.370. The maximum Gasteiger partial charge on any atom is 0.280 e. The molecule has 3 aromatic heterocycles. The van der Waals surface area contributed by atoms with Crippen molar-refractivity contribution in [2.24, 2.45) is 11.6 Å². The molecule has 40 heavy (non-hydrogen) atoms. The molecule has 5 N–H and O–H groups in total. The van der Waals surface area contributed by atoms with Crippen LogP contribution < -0.4 is 27.3 Å². The number of aryl methyl sites for hydroxylation is 1. The summed E-state index contributed by atoms with van der Waals surface area (Å²) in [4.78, 5) is 32.9. The first-order chi connectivity index (χ1) is 18.8. The van der Waals surface area contributed by atoms with Gasteiger partial charge in [-0.3, -0.25) is 24.6 Å². The molecule has 1 amide bonds. The second-order valence-corrected chi connectivity index (χ2v) is 9.22. The molecule has 0 atom stereocenters. The fourth-order valence-corrected chi connectivity index (χ4v) is 3.62. The van der Waals surface area contributed by atoms with E-state index < -0.39 is 18.0 Å². The van der Waals surface area contributed by atoms with E-state index in [9.17, 15) is 18.4 Å². The predicted octanol–water partition coefficient (Wildman–Crippen LogP) is 4.51. The van der Waals surface area contributed by atoms with E-state index in [1.807, 2.05) is 33.1 Å². The second kappa shape index (κ2) is 15.7. The smallest absolute Gasteiger partial charge is 0.280 e. The molecule has 0 aliphatic carbocycles. The highest BCUT2D eigenvalue weighted by Gasteiger charge is 2.21. The van der Waals surface area contributed by atoms with Crippen molar-refractivity contribution < 1.29 is 24.5 Å². The minimum Gasteiger partial charge on any atom is -0.494 e. The molecule has 0 saturated carbocycles. The van der Waals surface area contributed by atoms with E-state index in [1.54, 1.807) is 20.1 Å². The summed E-state index contributed by atoms with van der Waals surface area (Å²) in [7, 11) is 3.00. The number of thiocarbonyl (C=S) groups is 1. The van der Waals surface area contributed by atoms with Crippen LogP contribution in [0.15, 0.2) is 47.7 Å². The summed E-state index contributed by atoms with van der Waals surface area (Å²) in [6.45, 7) is 9.67. The average Bonchev–Trinajstić information content (AvgIpc) is 2.92. The third-order valence-electron chi connectivity index (χ3n) is 5.36. The number of hydrogen-bond acceptors (Lipinski definition) is 8. The van der Waals surface area contributed by atoms with Crippen molar-refractivity contribution >= 4 is 23.1 Å². The highest BCUT2D eigenvalue weighted by Crippen LogP contribution is 2.35. The van der Waals surface area contributed by atoms with E-state index in [-0.39, 0.29) is 40.8 Å². The van der Waals surface area contributed by atoms with E-state index in [2.05, 4.69) is 9.97 Å². The minimum atomic E-state index is -2.83. The zero-order valence-electron chi connectivity index (χ0n) is 23.6. The molecule has 0 aliphatic rings. The number of rotatable bonds is 8. The van der Waals surface area contributed by atoms with Crippen LogP contribution in [0.5, 0.6) is 5.75 Å². The van der Waals surface area contributed by atoms with E-state index in [1.165, 1.54) is 36.2 Å². The molecule has 0 unspecified atom stereocenters. The van der Waals surface area contributed by atoms with Crippen LogP contribution in [-0.2, 0) is 4.74 Å². The molecule has 13 heteroatoms. The number of nitrogens with zero attached hydrogens (tertiary/aromatic N) is 3. The number of aromatic nitrogens is 3. The lowest BCUT2D eigenvalue weighted by Gasteiger charge is -2.21. The van der Waals surface area contributed by atoms with Gasteiger partial charge in [0.2, 0.25) is 0 Å². The molecule has 0 aromatic carbocycles. The topological polar surface area (TPSA) is 147 Å². The Morgan fingerprint density at radius 3 is 2.30 bits per heavy atom. The summed E-state index contributed by atoms with van der Waals surface area (Å²) in [5.41, 5.74) is 7.43. The highest BCUT2D eigenvalue weighted by atomic mass is 32.1. The number of amides is 1. The molecule has 3 aromatic rings. The van der Waals surface area contributed by atoms with Gasteiger partial charge in [-0.25, -0.2) is 19.6 Å². The van der Waals surface area contributed by atoms with Gasteiger partial charge in [-0.2, -0.15) is 0 Å². The number of ether oxygens (including phenoxy) is 2. The first kappa shape index (κ1) is 34.2. The molecule has 0 spiro atoms. The summed E-state index contributed by atoms with van der Waals surface area (Å²) in [6.07, 6.45) is 1.69. The van der Waals surface area contributed by atoms with Crippen LogP contribution in [-0.4, -0.2) is 45.3 Å². The normalized spacial score (nSPS) is 10.6. The SMILES string of the molecule is CC.COC(C)(C)CC(N)=S.COc1cnc(C(F)F)cc1-c1cc(-n2ccc(C)cc2=O)ncc1C(=O)NN.[HH]. The molecule has 0 radical (unpaired) electrons. The van der Waals surface area contributed by atoms with E-state index in [0.717, 1.165) is 17.8 Å². The number of carbonyl (C=O) groups excluding carboxylic acids is 1. The lowest BCUT2D eigenvalue weighted by atomic mass is 10.00. The van der Waals surface area contributed by atoms with Crippen molar-refractivity contribution in [2.45, 2.75) is 53.1 Å². The van der Waals surface area contributed by atoms with Gasteiger partial charge in [0.05, 0.1) is 29.5 Å². The van der Waals surface area contributed by atoms with Crippen LogP contribution in [0, 0.1) is 6.92 Å². The number of halogens is 2. The van der Waals surface area contributed by atoms with Gasteiger partial charge in [-0.05, 0) is 44.5 Å². The first-order valence-corrected chi connectivity index (χ1v) is 12.6. The fourth-order valence-electron chi connectivity index (χ4n) is 3.27. The van der Waals surface area contributed by atoms with Crippen LogP contribution in [0.4, 0.5) is 8.78 Å². The lowest BCUT2D eigenvalue weighted by molar-refractivity contribution is 0.0295. The molecule has 0 bridgehead atoms. The van der Waals surface area contributed by atoms with E-state index in [0.29, 0.717) is 11.4 Å². The van der Waals surface area contributed by atoms with Crippen LogP contribution in [0.2, 0.25) is 0 Å². The van der Waals surface area contributed by atoms with E-state index in [4.69, 9.17) is 33.3 Å². The monoisotopic (exact) mass is 580 g/mol. The Morgan fingerprint density at radius 1 is 1.18 bits per heavy atom. The van der Waals surface area contributed by atoms with Gasteiger partial charge >= 0.3 is 0 Å². The number of methoxy groups -OCH3 is 2. The molecular formula is C27H38F2N6O4S. The Hall–Kier alpha value is -3.81. The third kappa shape index (κ3) is 9.43. The molecule has 0 fully saturated rings. The standard InChI is InChI=1S/C19H17F2N5O3.C6H13NOS.C2H6.H2/c1-10-3-4-26(17(27)5-10)16-7-11(13(8-24-16)19(28)25-22)12-6-14(18(20)21)23-9-15(12)29-2;1-6(2,8-3)4-5(7)9;1-2;/h3-9,18H,22H2,1-2H3,(H,25,28);4H2,1-3H3,(H2,7,9);1-2H3;1H. The molecule has 0 saturated heterocycles. The maximum atomic E-state index is 13.2. The van der Waals surface area contributed by atoms with Crippen LogP contribution in [0.25, 0.3) is 16.9 Å². The second-order valence-electron chi connectivity index (χ2n) is 8.69. The zero-order chi connectivity index (χ0) is 30.6. The average molecular weight is 581 g/mol. The van der Waals surface area contributed by atoms with Crippen molar-refractivity contribution in [3.05, 3.63) is 70.0 Å². The van der Waals surface area contributed by atoms with Crippen molar-refractivity contribution in [2.75, 3.05) is 14.2 Å². The number of hydrogen-bond donors (Lipinski definition) is 3. The van der Waals surface area contributed by atoms with Gasteiger partial charge in [0.1, 0.15) is 17.3 Å². The summed E-state index contributed by atoms with van der Waals surface area (Å²) >= 11 is 4.71. The van der Waals surface area contributed by atoms with Crippen LogP contribution in [0.1, 0.15) is 63.6 Å². The summed E-state index contributed by atoms with van der Waals surface area (Å²) in [5, 5.41) is 0. The lowest BCUT2D eigenvalue weighted by Crippen LogP contribution is -2.30. The minimum absolute atomic E-state index is 0. The summed E-state index contributed by atoms with van der Waals surface area (Å²) in [5.74, 6) is 4.91. The number of pyridine rings is 3. The Bertz CT molecular complexity index is 1370. The first-order valence-electron chi connectivity index (χ1n) is 12.2. The predicted molar refractivity (Wildman–Crippen MR) is 157 cm³/mol. The highest BCUT2D eigenvalue weighted by molar-refractivity contribution is 7.80. The number of alkyl halides is 2. The van der Waals surface area contributed by atoms with Crippen molar-refractivity contribution in [3.63, 3.8) is 0 Å². The van der Waals surface area contributed by atoms with Crippen LogP contribution >= 0.6 is 12.2 Å². The largest absolute Gasteiger partial charge is 0.494 e. The molecule has 220 valence electrons. The van der Waals surface area contributed by atoms with E-state index >= 15 is 0 Å².